The predicted octanol–water partition coefficient (Wildman–Crippen LogP) is 6.86. The fourth-order valence-electron chi connectivity index (χ4n) is 3.10. The minimum Gasteiger partial charge on any atom is -0.489 e. The van der Waals surface area contributed by atoms with Crippen LogP contribution in [-0.4, -0.2) is 15.7 Å². The van der Waals surface area contributed by atoms with Crippen LogP contribution in [0.15, 0.2) is 64.6 Å². The molecule has 0 saturated heterocycles. The lowest BCUT2D eigenvalue weighted by Crippen LogP contribution is -2.11. The van der Waals surface area contributed by atoms with E-state index in [2.05, 4.69) is 32.4 Å². The maximum absolute atomic E-state index is 12.7. The summed E-state index contributed by atoms with van der Waals surface area (Å²) >= 11 is 10.8. The fourth-order valence-corrected chi connectivity index (χ4v) is 4.44. The average Bonchev–Trinajstić information content (AvgIpc) is 3.37. The lowest BCUT2D eigenvalue weighted by Gasteiger charge is -2.08. The van der Waals surface area contributed by atoms with Crippen LogP contribution in [0.1, 0.15) is 31.9 Å². The average molecular weight is 531 g/mol. The second kappa shape index (κ2) is 9.90. The van der Waals surface area contributed by atoms with Crippen LogP contribution in [0.25, 0.3) is 0 Å². The Morgan fingerprint density at radius 2 is 1.94 bits per heavy atom. The first kappa shape index (κ1) is 22.6. The van der Waals surface area contributed by atoms with Gasteiger partial charge in [-0.25, -0.2) is 0 Å². The summed E-state index contributed by atoms with van der Waals surface area (Å²) in [4.78, 5) is 13.3. The summed E-state index contributed by atoms with van der Waals surface area (Å²) in [6.07, 6.45) is 1.84. The number of carbonyl (C=O) groups is 1. The SMILES string of the molecule is Cc1ccc(C)c(OCc2csc(C(=O)Nc3nn(Cc4ccc(Cl)cc4)cc3Br)c2)c1. The Labute approximate surface area is 204 Å². The monoisotopic (exact) mass is 529 g/mol. The van der Waals surface area contributed by atoms with Gasteiger partial charge in [-0.15, -0.1) is 11.3 Å². The zero-order chi connectivity index (χ0) is 22.7. The van der Waals surface area contributed by atoms with Gasteiger partial charge in [0.2, 0.25) is 0 Å². The highest BCUT2D eigenvalue weighted by molar-refractivity contribution is 9.10. The molecule has 0 aliphatic heterocycles. The zero-order valence-electron chi connectivity index (χ0n) is 17.6. The van der Waals surface area contributed by atoms with E-state index in [1.807, 2.05) is 67.9 Å². The van der Waals surface area contributed by atoms with Gasteiger partial charge >= 0.3 is 0 Å². The molecule has 0 atom stereocenters. The number of nitrogens with one attached hydrogen (secondary N) is 1. The van der Waals surface area contributed by atoms with Crippen molar-refractivity contribution in [2.75, 3.05) is 5.32 Å². The van der Waals surface area contributed by atoms with E-state index in [1.165, 1.54) is 11.3 Å². The number of benzene rings is 2. The minimum absolute atomic E-state index is 0.203. The lowest BCUT2D eigenvalue weighted by atomic mass is 10.1. The van der Waals surface area contributed by atoms with Crippen LogP contribution in [0.5, 0.6) is 5.75 Å². The molecule has 0 unspecified atom stereocenters. The number of anilines is 1. The molecular weight excluding hydrogens is 510 g/mol. The second-order valence-electron chi connectivity index (χ2n) is 7.48. The van der Waals surface area contributed by atoms with Gasteiger partial charge in [0.05, 0.1) is 15.9 Å². The molecule has 0 bridgehead atoms. The van der Waals surface area contributed by atoms with Crippen molar-refractivity contribution in [3.8, 4) is 5.75 Å². The van der Waals surface area contributed by atoms with E-state index in [9.17, 15) is 4.79 Å². The maximum Gasteiger partial charge on any atom is 0.266 e. The van der Waals surface area contributed by atoms with Crippen LogP contribution in [0, 0.1) is 13.8 Å². The molecule has 1 amide bonds. The van der Waals surface area contributed by atoms with Gasteiger partial charge < -0.3 is 10.1 Å². The molecule has 2 aromatic heterocycles. The van der Waals surface area contributed by atoms with Crippen molar-refractivity contribution >= 4 is 50.6 Å². The molecule has 0 spiro atoms. The van der Waals surface area contributed by atoms with Gasteiger partial charge in [0.25, 0.3) is 5.91 Å². The topological polar surface area (TPSA) is 56.1 Å². The van der Waals surface area contributed by atoms with E-state index in [4.69, 9.17) is 16.3 Å². The summed E-state index contributed by atoms with van der Waals surface area (Å²) in [6.45, 7) is 5.04. The number of hydrogen-bond acceptors (Lipinski definition) is 4. The van der Waals surface area contributed by atoms with Crippen LogP contribution in [0.4, 0.5) is 5.82 Å². The molecule has 0 radical (unpaired) electrons. The van der Waals surface area contributed by atoms with E-state index < -0.39 is 0 Å². The van der Waals surface area contributed by atoms with E-state index in [0.29, 0.717) is 28.9 Å². The Bertz CT molecular complexity index is 1250. The third-order valence-electron chi connectivity index (χ3n) is 4.82. The summed E-state index contributed by atoms with van der Waals surface area (Å²) in [7, 11) is 0. The van der Waals surface area contributed by atoms with Crippen LogP contribution in [0.2, 0.25) is 5.02 Å². The second-order valence-corrected chi connectivity index (χ2v) is 9.68. The number of nitrogens with zero attached hydrogens (tertiary/aromatic N) is 2. The first-order chi connectivity index (χ1) is 15.4. The van der Waals surface area contributed by atoms with E-state index in [-0.39, 0.29) is 5.91 Å². The molecule has 0 aliphatic carbocycles. The zero-order valence-corrected chi connectivity index (χ0v) is 20.7. The summed E-state index contributed by atoms with van der Waals surface area (Å²) in [5.41, 5.74) is 4.25. The predicted molar refractivity (Wildman–Crippen MR) is 133 cm³/mol. The Morgan fingerprint density at radius 3 is 2.72 bits per heavy atom. The molecule has 1 N–H and O–H groups in total. The van der Waals surface area contributed by atoms with Crippen molar-refractivity contribution in [3.63, 3.8) is 0 Å². The summed E-state index contributed by atoms with van der Waals surface area (Å²) < 4.78 is 8.43. The molecule has 8 heteroatoms. The number of aromatic nitrogens is 2. The van der Waals surface area contributed by atoms with Crippen molar-refractivity contribution in [3.05, 3.63) is 96.7 Å². The van der Waals surface area contributed by atoms with Crippen molar-refractivity contribution in [2.45, 2.75) is 27.0 Å². The normalized spacial score (nSPS) is 10.9. The number of ether oxygens (including phenoxy) is 1. The Hall–Kier alpha value is -2.61. The number of carbonyl (C=O) groups excluding carboxylic acids is 1. The number of rotatable bonds is 7. The van der Waals surface area contributed by atoms with E-state index >= 15 is 0 Å². The lowest BCUT2D eigenvalue weighted by molar-refractivity contribution is 0.103. The highest BCUT2D eigenvalue weighted by Crippen LogP contribution is 2.25. The molecular formula is C24H21BrClN3O2S. The van der Waals surface area contributed by atoms with Crippen LogP contribution >= 0.6 is 38.9 Å². The molecule has 5 nitrogen and oxygen atoms in total. The van der Waals surface area contributed by atoms with Gasteiger partial charge in [0, 0.05) is 16.8 Å². The van der Waals surface area contributed by atoms with Crippen molar-refractivity contribution in [1.29, 1.82) is 0 Å². The molecule has 2 aromatic carbocycles. The number of hydrogen-bond donors (Lipinski definition) is 1. The van der Waals surface area contributed by atoms with Crippen LogP contribution in [0.3, 0.4) is 0 Å². The standard InChI is InChI=1S/C24H21BrClN3O2S/c1-15-3-4-16(2)21(9-15)31-13-18-10-22(32-14-18)24(30)27-23-20(25)12-29(28-23)11-17-5-7-19(26)8-6-17/h3-10,12,14H,11,13H2,1-2H3,(H,27,28,30). The maximum atomic E-state index is 12.7. The molecule has 164 valence electrons. The molecule has 0 fully saturated rings. The summed E-state index contributed by atoms with van der Waals surface area (Å²) in [5, 5.41) is 9.99. The van der Waals surface area contributed by atoms with Gasteiger partial charge in [0.15, 0.2) is 5.82 Å². The molecule has 32 heavy (non-hydrogen) atoms. The first-order valence-electron chi connectivity index (χ1n) is 9.93. The molecule has 0 saturated carbocycles. The van der Waals surface area contributed by atoms with Crippen molar-refractivity contribution in [2.24, 2.45) is 0 Å². The highest BCUT2D eigenvalue weighted by Gasteiger charge is 2.15. The van der Waals surface area contributed by atoms with Crippen LogP contribution in [-0.2, 0) is 13.2 Å². The van der Waals surface area contributed by atoms with Gasteiger partial charge in [-0.05, 0) is 76.1 Å². The van der Waals surface area contributed by atoms with Gasteiger partial charge in [-0.2, -0.15) is 5.10 Å². The summed E-state index contributed by atoms with van der Waals surface area (Å²) in [5.74, 6) is 1.13. The van der Waals surface area contributed by atoms with Crippen molar-refractivity contribution < 1.29 is 9.53 Å². The Balaban J connectivity index is 1.38. The molecule has 2 heterocycles. The smallest absolute Gasteiger partial charge is 0.266 e. The third kappa shape index (κ3) is 5.59. The fraction of sp³-hybridized carbons (Fsp3) is 0.167. The quantitative estimate of drug-likeness (QED) is 0.284. The number of thiophene rings is 1. The highest BCUT2D eigenvalue weighted by atomic mass is 79.9. The number of amides is 1. The van der Waals surface area contributed by atoms with E-state index in [1.54, 1.807) is 4.68 Å². The largest absolute Gasteiger partial charge is 0.489 e. The Kier molecular flexibility index (Phi) is 6.98. The minimum atomic E-state index is -0.203. The molecule has 4 aromatic rings. The third-order valence-corrected chi connectivity index (χ3v) is 6.63. The van der Waals surface area contributed by atoms with E-state index in [0.717, 1.165) is 32.5 Å². The van der Waals surface area contributed by atoms with Crippen molar-refractivity contribution in [1.82, 2.24) is 9.78 Å². The Morgan fingerprint density at radius 1 is 1.16 bits per heavy atom. The molecule has 4 rings (SSSR count). The number of aryl methyl sites for hydroxylation is 2. The van der Waals surface area contributed by atoms with Gasteiger partial charge in [0.1, 0.15) is 12.4 Å². The van der Waals surface area contributed by atoms with Gasteiger partial charge in [-0.1, -0.05) is 35.9 Å². The van der Waals surface area contributed by atoms with Crippen LogP contribution < -0.4 is 10.1 Å². The van der Waals surface area contributed by atoms with Gasteiger partial charge in [-0.3, -0.25) is 9.48 Å². The number of halogens is 2. The first-order valence-corrected chi connectivity index (χ1v) is 12.0. The molecule has 0 aliphatic rings. The summed E-state index contributed by atoms with van der Waals surface area (Å²) in [6, 6.07) is 15.6.